The minimum atomic E-state index is 1.07. The van der Waals surface area contributed by atoms with Crippen molar-refractivity contribution in [2.24, 2.45) is 0 Å². The van der Waals surface area contributed by atoms with Crippen molar-refractivity contribution in [1.82, 2.24) is 4.57 Å². The van der Waals surface area contributed by atoms with Crippen LogP contribution in [-0.2, 0) is 0 Å². The number of fused-ring (bicyclic) bond motifs is 10. The third kappa shape index (κ3) is 7.99. The van der Waals surface area contributed by atoms with E-state index in [1.807, 2.05) is 0 Å². The Morgan fingerprint density at radius 1 is 0.203 bits per heavy atom. The molecule has 0 saturated heterocycles. The normalized spacial score (nSPS) is 11.5. The minimum absolute atomic E-state index is 1.07. The number of anilines is 6. The number of hydrogen-bond donors (Lipinski definition) is 0. The van der Waals surface area contributed by atoms with Crippen LogP contribution in [0.1, 0.15) is 0 Å². The molecule has 0 amide bonds. The zero-order valence-electron chi connectivity index (χ0n) is 43.3. The number of benzene rings is 14. The highest BCUT2D eigenvalue weighted by molar-refractivity contribution is 6.26. The topological polar surface area (TPSA) is 11.4 Å². The average Bonchev–Trinajstić information content (AvgIpc) is 3.96. The van der Waals surface area contributed by atoms with Crippen molar-refractivity contribution in [3.8, 4) is 39.1 Å². The second-order valence-corrected chi connectivity index (χ2v) is 20.4. The maximum Gasteiger partial charge on any atom is 0.0541 e. The maximum absolute atomic E-state index is 2.43. The van der Waals surface area contributed by atoms with Crippen molar-refractivity contribution in [3.05, 3.63) is 309 Å². The Labute approximate surface area is 459 Å². The summed E-state index contributed by atoms with van der Waals surface area (Å²) in [6, 6.07) is 113. The predicted octanol–water partition coefficient (Wildman–Crippen LogP) is 21.3. The summed E-state index contributed by atoms with van der Waals surface area (Å²) in [4.78, 5) is 4.73. The molecular formula is C76H51N3. The molecular weight excluding hydrogens is 955 g/mol. The SMILES string of the molecule is c1ccc(N(c2ccccc2)c2ccc(-c3ccc(N(c4ccc(-c5ccc6c7ccccc7c7ccccc7c6c5)cc4)c4ccc(-c5ccc6c(c5)c5ccccc5n6-c5ccccc5)c5ccccc45)cc3)cc2)cc1. The first-order chi connectivity index (χ1) is 39.2. The highest BCUT2D eigenvalue weighted by Gasteiger charge is 2.21. The fourth-order valence-electron chi connectivity index (χ4n) is 12.3. The third-order valence-electron chi connectivity index (χ3n) is 16.0. The molecule has 0 aliphatic heterocycles. The largest absolute Gasteiger partial charge is 0.311 e. The molecule has 1 heterocycles. The molecule has 0 aliphatic rings. The predicted molar refractivity (Wildman–Crippen MR) is 336 cm³/mol. The molecule has 15 rings (SSSR count). The van der Waals surface area contributed by atoms with E-state index in [4.69, 9.17) is 0 Å². The number of hydrogen-bond acceptors (Lipinski definition) is 2. The van der Waals surface area contributed by atoms with Gasteiger partial charge in [0.1, 0.15) is 0 Å². The molecule has 0 fully saturated rings. The summed E-state index contributed by atoms with van der Waals surface area (Å²) in [5, 5.41) is 12.5. The molecule has 0 atom stereocenters. The first-order valence-corrected chi connectivity index (χ1v) is 27.2. The smallest absolute Gasteiger partial charge is 0.0541 e. The summed E-state index contributed by atoms with van der Waals surface area (Å²) < 4.78 is 2.38. The number of para-hydroxylation sites is 4. The Morgan fingerprint density at radius 3 is 1.15 bits per heavy atom. The van der Waals surface area contributed by atoms with Gasteiger partial charge in [0.05, 0.1) is 16.7 Å². The third-order valence-corrected chi connectivity index (χ3v) is 16.0. The quantitative estimate of drug-likeness (QED) is 0.127. The van der Waals surface area contributed by atoms with E-state index in [1.54, 1.807) is 0 Å². The molecule has 370 valence electrons. The van der Waals surface area contributed by atoms with E-state index in [-0.39, 0.29) is 0 Å². The number of nitrogens with zero attached hydrogens (tertiary/aromatic N) is 3. The molecule has 0 N–H and O–H groups in total. The van der Waals surface area contributed by atoms with Gasteiger partial charge in [0.25, 0.3) is 0 Å². The number of rotatable bonds is 10. The molecule has 3 heteroatoms. The van der Waals surface area contributed by atoms with Crippen LogP contribution in [0.2, 0.25) is 0 Å². The van der Waals surface area contributed by atoms with Gasteiger partial charge in [-0.05, 0) is 174 Å². The Bertz CT molecular complexity index is 4660. The second-order valence-electron chi connectivity index (χ2n) is 20.4. The van der Waals surface area contributed by atoms with Gasteiger partial charge in [0.15, 0.2) is 0 Å². The van der Waals surface area contributed by atoms with Gasteiger partial charge in [-0.15, -0.1) is 0 Å². The van der Waals surface area contributed by atoms with E-state index < -0.39 is 0 Å². The van der Waals surface area contributed by atoms with E-state index in [1.165, 1.54) is 87.1 Å². The summed E-state index contributed by atoms with van der Waals surface area (Å²) in [5.74, 6) is 0. The first kappa shape index (κ1) is 45.9. The van der Waals surface area contributed by atoms with Crippen molar-refractivity contribution in [3.63, 3.8) is 0 Å². The molecule has 0 unspecified atom stereocenters. The van der Waals surface area contributed by atoms with Crippen molar-refractivity contribution in [2.45, 2.75) is 0 Å². The fraction of sp³-hybridized carbons (Fsp3) is 0. The average molecular weight is 1010 g/mol. The van der Waals surface area contributed by atoms with Gasteiger partial charge < -0.3 is 14.4 Å². The van der Waals surface area contributed by atoms with E-state index in [9.17, 15) is 0 Å². The molecule has 3 nitrogen and oxygen atoms in total. The summed E-state index contributed by atoms with van der Waals surface area (Å²) in [6.45, 7) is 0. The zero-order valence-corrected chi connectivity index (χ0v) is 43.3. The van der Waals surface area contributed by atoms with Crippen molar-refractivity contribution < 1.29 is 0 Å². The Hall–Kier alpha value is -10.5. The molecule has 79 heavy (non-hydrogen) atoms. The van der Waals surface area contributed by atoms with Crippen LogP contribution < -0.4 is 9.80 Å². The minimum Gasteiger partial charge on any atom is -0.311 e. The van der Waals surface area contributed by atoms with E-state index in [2.05, 4.69) is 324 Å². The molecule has 14 aromatic carbocycles. The summed E-state index contributed by atoms with van der Waals surface area (Å²) in [6.07, 6.45) is 0. The zero-order chi connectivity index (χ0) is 52.2. The van der Waals surface area contributed by atoms with Gasteiger partial charge in [-0.1, -0.05) is 206 Å². The van der Waals surface area contributed by atoms with Crippen LogP contribution in [0.15, 0.2) is 309 Å². The van der Waals surface area contributed by atoms with Crippen LogP contribution in [0.5, 0.6) is 0 Å². The van der Waals surface area contributed by atoms with Gasteiger partial charge in [-0.3, -0.25) is 0 Å². The molecule has 0 aliphatic carbocycles. The van der Waals surface area contributed by atoms with Crippen LogP contribution >= 0.6 is 0 Å². The number of aromatic nitrogens is 1. The van der Waals surface area contributed by atoms with Gasteiger partial charge in [0.2, 0.25) is 0 Å². The second kappa shape index (κ2) is 19.3. The monoisotopic (exact) mass is 1010 g/mol. The highest BCUT2D eigenvalue weighted by Crippen LogP contribution is 2.45. The molecule has 0 bridgehead atoms. The van der Waals surface area contributed by atoms with Gasteiger partial charge >= 0.3 is 0 Å². The van der Waals surface area contributed by atoms with Crippen LogP contribution in [0.25, 0.3) is 104 Å². The van der Waals surface area contributed by atoms with Crippen molar-refractivity contribution in [2.75, 3.05) is 9.80 Å². The van der Waals surface area contributed by atoms with Crippen LogP contribution in [0, 0.1) is 0 Å². The first-order valence-electron chi connectivity index (χ1n) is 27.2. The standard InChI is InChI=1S/C76H51N3/c1-4-18-57(19-5-1)77(58-20-6-2-7-21-58)60-40-32-52(33-41-60)53-34-42-61(43-35-53)78(62-44-36-54(37-45-62)55-38-46-69-67-27-11-10-25-65(67)66-26-12-13-28-68(66)72(69)50-55)75-49-47-63(64-24-14-15-29-70(64)75)56-39-48-76-73(51-56)71-30-16-17-31-74(71)79(76)59-22-8-3-9-23-59/h1-51H. The van der Waals surface area contributed by atoms with Gasteiger partial charge in [-0.25, -0.2) is 0 Å². The van der Waals surface area contributed by atoms with E-state index in [0.717, 1.165) is 50.9 Å². The molecule has 0 spiro atoms. The lowest BCUT2D eigenvalue weighted by Crippen LogP contribution is -2.10. The molecule has 15 aromatic rings. The lowest BCUT2D eigenvalue weighted by atomic mass is 9.92. The summed E-state index contributed by atoms with van der Waals surface area (Å²) >= 11 is 0. The maximum atomic E-state index is 2.43. The molecule has 0 radical (unpaired) electrons. The lowest BCUT2D eigenvalue weighted by Gasteiger charge is -2.28. The Balaban J connectivity index is 0.838. The van der Waals surface area contributed by atoms with E-state index >= 15 is 0 Å². The van der Waals surface area contributed by atoms with Gasteiger partial charge in [-0.2, -0.15) is 0 Å². The van der Waals surface area contributed by atoms with Crippen molar-refractivity contribution >= 4 is 99.0 Å². The van der Waals surface area contributed by atoms with Crippen LogP contribution in [0.4, 0.5) is 34.1 Å². The molecule has 1 aromatic heterocycles. The van der Waals surface area contributed by atoms with Gasteiger partial charge in [0, 0.05) is 50.3 Å². The highest BCUT2D eigenvalue weighted by atomic mass is 15.1. The summed E-state index contributed by atoms with van der Waals surface area (Å²) in [7, 11) is 0. The van der Waals surface area contributed by atoms with Crippen LogP contribution in [0.3, 0.4) is 0 Å². The Morgan fingerprint density at radius 2 is 0.582 bits per heavy atom. The fourth-order valence-corrected chi connectivity index (χ4v) is 12.3. The summed E-state index contributed by atoms with van der Waals surface area (Å²) in [5.41, 5.74) is 17.2. The molecule has 0 saturated carbocycles. The van der Waals surface area contributed by atoms with Crippen LogP contribution in [-0.4, -0.2) is 4.57 Å². The lowest BCUT2D eigenvalue weighted by molar-refractivity contribution is 1.18. The Kier molecular flexibility index (Phi) is 11.2. The van der Waals surface area contributed by atoms with Crippen molar-refractivity contribution in [1.29, 1.82) is 0 Å². The van der Waals surface area contributed by atoms with E-state index in [0.29, 0.717) is 0 Å².